The van der Waals surface area contributed by atoms with E-state index in [-0.39, 0.29) is 12.0 Å². The van der Waals surface area contributed by atoms with E-state index in [4.69, 9.17) is 9.26 Å². The quantitative estimate of drug-likeness (QED) is 0.550. The lowest BCUT2D eigenvalue weighted by molar-refractivity contribution is -0.129. The number of likely N-dealkylation sites (N-methyl/N-ethyl adjacent to an activating group) is 1. The van der Waals surface area contributed by atoms with Crippen molar-refractivity contribution in [3.63, 3.8) is 0 Å². The molecule has 1 aromatic heterocycles. The Morgan fingerprint density at radius 1 is 1.19 bits per heavy atom. The summed E-state index contributed by atoms with van der Waals surface area (Å²) in [7, 11) is 1.80. The number of ether oxygens (including phenoxy) is 1. The molecule has 36 heavy (non-hydrogen) atoms. The summed E-state index contributed by atoms with van der Waals surface area (Å²) in [6.45, 7) is 6.26. The van der Waals surface area contributed by atoms with Gasteiger partial charge >= 0.3 is 0 Å². The molecule has 8 heteroatoms. The van der Waals surface area contributed by atoms with E-state index in [1.807, 2.05) is 36.9 Å². The summed E-state index contributed by atoms with van der Waals surface area (Å²) >= 11 is 0. The van der Waals surface area contributed by atoms with E-state index in [1.165, 1.54) is 30.4 Å². The molecule has 0 radical (unpaired) electrons. The zero-order valence-corrected chi connectivity index (χ0v) is 21.2. The Hall–Kier alpha value is -3.70. The molecule has 8 nitrogen and oxygen atoms in total. The van der Waals surface area contributed by atoms with Crippen LogP contribution in [0.3, 0.4) is 0 Å². The number of aromatic nitrogens is 2. The lowest BCUT2D eigenvalue weighted by Gasteiger charge is -2.13. The first kappa shape index (κ1) is 25.4. The molecule has 1 amide bonds. The molecule has 0 saturated carbocycles. The van der Waals surface area contributed by atoms with E-state index in [0.29, 0.717) is 35.1 Å². The molecule has 3 aromatic rings. The molecule has 5 rings (SSSR count). The van der Waals surface area contributed by atoms with Gasteiger partial charge in [-0.15, -0.1) is 0 Å². The number of aryl methyl sites for hydroxylation is 1. The number of hydrogen-bond acceptors (Lipinski definition) is 7. The highest BCUT2D eigenvalue weighted by Gasteiger charge is 2.20. The maximum atomic E-state index is 11.1. The van der Waals surface area contributed by atoms with Gasteiger partial charge in [0.25, 0.3) is 5.89 Å². The number of carbonyl (C=O) groups is 1. The molecule has 1 saturated heterocycles. The van der Waals surface area contributed by atoms with Crippen LogP contribution >= 0.6 is 0 Å². The SMILES string of the molecule is CC(C)Oc1ccc(-c2nc(-c3cccc4c3CCC4)no2)cc1C#N.CNCC(=O)N1CCCC1. The molecule has 1 N–H and O–H groups in total. The molecular formula is C28H33N5O3. The molecule has 2 aromatic carbocycles. The van der Waals surface area contributed by atoms with E-state index >= 15 is 0 Å². The van der Waals surface area contributed by atoms with Gasteiger partial charge in [-0.2, -0.15) is 10.2 Å². The second-order valence-electron chi connectivity index (χ2n) is 9.33. The van der Waals surface area contributed by atoms with Gasteiger partial charge in [-0.1, -0.05) is 23.4 Å². The van der Waals surface area contributed by atoms with Gasteiger partial charge in [0.05, 0.1) is 18.2 Å². The van der Waals surface area contributed by atoms with Crippen molar-refractivity contribution >= 4 is 5.91 Å². The highest BCUT2D eigenvalue weighted by molar-refractivity contribution is 5.78. The summed E-state index contributed by atoms with van der Waals surface area (Å²) < 4.78 is 11.1. The summed E-state index contributed by atoms with van der Waals surface area (Å²) in [5.41, 5.74) is 4.89. The molecule has 1 fully saturated rings. The van der Waals surface area contributed by atoms with Crippen molar-refractivity contribution in [1.29, 1.82) is 5.26 Å². The Balaban J connectivity index is 0.000000256. The van der Waals surface area contributed by atoms with E-state index < -0.39 is 0 Å². The molecular weight excluding hydrogens is 454 g/mol. The van der Waals surface area contributed by atoms with Gasteiger partial charge in [0.1, 0.15) is 11.8 Å². The predicted molar refractivity (Wildman–Crippen MR) is 137 cm³/mol. The van der Waals surface area contributed by atoms with Crippen molar-refractivity contribution in [1.82, 2.24) is 20.4 Å². The van der Waals surface area contributed by atoms with Crippen LogP contribution in [0, 0.1) is 11.3 Å². The monoisotopic (exact) mass is 487 g/mol. The van der Waals surface area contributed by atoms with Crippen LogP contribution in [-0.4, -0.2) is 53.7 Å². The van der Waals surface area contributed by atoms with Crippen LogP contribution < -0.4 is 10.1 Å². The maximum absolute atomic E-state index is 11.1. The van der Waals surface area contributed by atoms with Crippen LogP contribution in [-0.2, 0) is 17.6 Å². The number of rotatable bonds is 6. The third-order valence-electron chi connectivity index (χ3n) is 6.31. The van der Waals surface area contributed by atoms with Crippen LogP contribution in [0.25, 0.3) is 22.8 Å². The van der Waals surface area contributed by atoms with Crippen molar-refractivity contribution in [3.05, 3.63) is 53.1 Å². The number of carbonyl (C=O) groups excluding carboxylic acids is 1. The molecule has 0 atom stereocenters. The minimum Gasteiger partial charge on any atom is -0.490 e. The van der Waals surface area contributed by atoms with Gasteiger partial charge in [0, 0.05) is 24.2 Å². The number of benzene rings is 2. The Labute approximate surface area is 212 Å². The first-order valence-electron chi connectivity index (χ1n) is 12.6. The molecule has 2 aliphatic rings. The predicted octanol–water partition coefficient (Wildman–Crippen LogP) is 4.38. The third kappa shape index (κ3) is 5.92. The normalized spacial score (nSPS) is 14.2. The van der Waals surface area contributed by atoms with E-state index in [1.54, 1.807) is 19.2 Å². The van der Waals surface area contributed by atoms with E-state index in [2.05, 4.69) is 27.6 Å². The van der Waals surface area contributed by atoms with Crippen LogP contribution in [0.5, 0.6) is 5.75 Å². The van der Waals surface area contributed by atoms with Crippen molar-refractivity contribution in [2.24, 2.45) is 0 Å². The fourth-order valence-electron chi connectivity index (χ4n) is 4.62. The molecule has 0 unspecified atom stereocenters. The van der Waals surface area contributed by atoms with Gasteiger partial charge in [-0.25, -0.2) is 0 Å². The molecule has 1 aliphatic carbocycles. The Bertz CT molecular complexity index is 1240. The van der Waals surface area contributed by atoms with Crippen LogP contribution in [0.1, 0.15) is 49.8 Å². The molecule has 1 aliphatic heterocycles. The highest BCUT2D eigenvalue weighted by atomic mass is 16.5. The topological polar surface area (TPSA) is 104 Å². The standard InChI is InChI=1S/C21H19N3O2.C7H14N2O/c1-13(2)25-19-10-9-15(11-16(19)12-22)21-23-20(24-26-21)18-8-4-6-14-5-3-7-17(14)18;1-8-6-7(10)9-4-2-3-5-9/h4,6,8-11,13H,3,5,7H2,1-2H3;8H,2-6H2,1H3. The molecule has 188 valence electrons. The lowest BCUT2D eigenvalue weighted by Crippen LogP contribution is -2.34. The first-order valence-corrected chi connectivity index (χ1v) is 12.6. The summed E-state index contributed by atoms with van der Waals surface area (Å²) in [6.07, 6.45) is 5.68. The number of hydrogen-bond donors (Lipinski definition) is 1. The zero-order chi connectivity index (χ0) is 25.5. The molecule has 0 bridgehead atoms. The number of nitrogens with one attached hydrogen (secondary N) is 1. The average molecular weight is 488 g/mol. The van der Waals surface area contributed by atoms with Gasteiger partial charge < -0.3 is 19.5 Å². The fourth-order valence-corrected chi connectivity index (χ4v) is 4.62. The van der Waals surface area contributed by atoms with Gasteiger partial charge in [0.15, 0.2) is 0 Å². The second kappa shape index (κ2) is 11.8. The zero-order valence-electron chi connectivity index (χ0n) is 21.2. The van der Waals surface area contributed by atoms with Crippen LogP contribution in [0.4, 0.5) is 0 Å². The minimum atomic E-state index is 0.00290. The smallest absolute Gasteiger partial charge is 0.258 e. The number of likely N-dealkylation sites (tertiary alicyclic amines) is 1. The first-order chi connectivity index (χ1) is 17.5. The minimum absolute atomic E-state index is 0.00290. The molecule has 0 spiro atoms. The van der Waals surface area contributed by atoms with Crippen LogP contribution in [0.2, 0.25) is 0 Å². The Morgan fingerprint density at radius 2 is 2.00 bits per heavy atom. The maximum Gasteiger partial charge on any atom is 0.258 e. The van der Waals surface area contributed by atoms with Crippen molar-refractivity contribution in [2.75, 3.05) is 26.7 Å². The fraction of sp³-hybridized carbons (Fsp3) is 0.429. The summed E-state index contributed by atoms with van der Waals surface area (Å²) in [4.78, 5) is 17.6. The summed E-state index contributed by atoms with van der Waals surface area (Å²) in [6, 6.07) is 13.8. The summed E-state index contributed by atoms with van der Waals surface area (Å²) in [5, 5.41) is 16.4. The number of nitriles is 1. The van der Waals surface area contributed by atoms with Crippen molar-refractivity contribution in [3.8, 4) is 34.7 Å². The summed E-state index contributed by atoms with van der Waals surface area (Å²) in [5.74, 6) is 1.80. The Kier molecular flexibility index (Phi) is 8.34. The third-order valence-corrected chi connectivity index (χ3v) is 6.31. The van der Waals surface area contributed by atoms with E-state index in [0.717, 1.165) is 31.5 Å². The van der Waals surface area contributed by atoms with E-state index in [9.17, 15) is 10.1 Å². The highest BCUT2D eigenvalue weighted by Crippen LogP contribution is 2.33. The second-order valence-corrected chi connectivity index (χ2v) is 9.33. The lowest BCUT2D eigenvalue weighted by atomic mass is 10.0. The van der Waals surface area contributed by atoms with Gasteiger partial charge in [0.2, 0.25) is 11.7 Å². The van der Waals surface area contributed by atoms with Gasteiger partial charge in [-0.3, -0.25) is 4.79 Å². The van der Waals surface area contributed by atoms with Crippen molar-refractivity contribution in [2.45, 2.75) is 52.1 Å². The average Bonchev–Trinajstić information content (AvgIpc) is 3.66. The Morgan fingerprint density at radius 3 is 2.72 bits per heavy atom. The van der Waals surface area contributed by atoms with Crippen molar-refractivity contribution < 1.29 is 14.1 Å². The number of nitrogens with zero attached hydrogens (tertiary/aromatic N) is 4. The number of amides is 1. The largest absolute Gasteiger partial charge is 0.490 e. The van der Waals surface area contributed by atoms with Crippen LogP contribution in [0.15, 0.2) is 40.9 Å². The van der Waals surface area contributed by atoms with Gasteiger partial charge in [-0.05, 0) is 82.3 Å². The molecule has 2 heterocycles. The number of fused-ring (bicyclic) bond motifs is 1.